The number of rotatable bonds is 13. The zero-order chi connectivity index (χ0) is 20.9. The fraction of sp³-hybridized carbons (Fsp3) is 0.500. The first-order valence-electron chi connectivity index (χ1n) is 10.2. The molecule has 1 atom stereocenters. The van der Waals surface area contributed by atoms with Gasteiger partial charge in [0.2, 0.25) is 0 Å². The third kappa shape index (κ3) is 9.65. The Balaban J connectivity index is 1.71. The van der Waals surface area contributed by atoms with Crippen molar-refractivity contribution in [3.63, 3.8) is 0 Å². The Hall–Kier alpha value is -2.28. The highest BCUT2D eigenvalue weighted by molar-refractivity contribution is 7.99. The molecular weight excluding hydrogens is 380 g/mol. The number of nitrogens with one attached hydrogen (secondary N) is 3. The summed E-state index contributed by atoms with van der Waals surface area (Å²) in [5.41, 5.74) is 5.25. The molecule has 0 radical (unpaired) electrons. The smallest absolute Gasteiger partial charge is 0.123 e. The van der Waals surface area contributed by atoms with Crippen LogP contribution in [-0.2, 0) is 0 Å². The third-order valence-electron chi connectivity index (χ3n) is 4.58. The van der Waals surface area contributed by atoms with E-state index >= 15 is 0 Å². The lowest BCUT2D eigenvalue weighted by Crippen LogP contribution is -2.14. The summed E-state index contributed by atoms with van der Waals surface area (Å²) >= 11 is 1.89. The Morgan fingerprint density at radius 3 is 2.48 bits per heavy atom. The van der Waals surface area contributed by atoms with Crippen LogP contribution in [0.1, 0.15) is 65.1 Å². The van der Waals surface area contributed by atoms with E-state index in [1.165, 1.54) is 16.7 Å². The Labute approximate surface area is 178 Å². The maximum atomic E-state index is 4.23. The van der Waals surface area contributed by atoms with E-state index in [0.717, 1.165) is 48.7 Å². The molecule has 0 bridgehead atoms. The second kappa shape index (κ2) is 13.0. The van der Waals surface area contributed by atoms with Gasteiger partial charge >= 0.3 is 0 Å². The summed E-state index contributed by atoms with van der Waals surface area (Å²) in [4.78, 5) is 7.13. The maximum Gasteiger partial charge on any atom is 0.123 e. The SMILES string of the molecule is CC(C)=CCC/C(C)=C/CC/C(C)=C/CSCC(Nc1cnc[nH]1)c1cn[nH]n1. The summed E-state index contributed by atoms with van der Waals surface area (Å²) in [5, 5.41) is 14.3. The van der Waals surface area contributed by atoms with Gasteiger partial charge in [0.1, 0.15) is 11.5 Å². The topological polar surface area (TPSA) is 82.3 Å². The second-order valence-corrected chi connectivity index (χ2v) is 8.63. The molecule has 0 spiro atoms. The number of allylic oxidation sites excluding steroid dienone is 5. The van der Waals surface area contributed by atoms with Crippen molar-refractivity contribution < 1.29 is 0 Å². The van der Waals surface area contributed by atoms with Gasteiger partial charge < -0.3 is 10.3 Å². The van der Waals surface area contributed by atoms with Crippen molar-refractivity contribution in [3.8, 4) is 0 Å². The minimum absolute atomic E-state index is 0.0827. The van der Waals surface area contributed by atoms with Gasteiger partial charge in [0.25, 0.3) is 0 Å². The van der Waals surface area contributed by atoms with Crippen molar-refractivity contribution in [1.29, 1.82) is 0 Å². The highest BCUT2D eigenvalue weighted by Gasteiger charge is 2.14. The highest BCUT2D eigenvalue weighted by atomic mass is 32.2. The molecule has 0 fully saturated rings. The summed E-state index contributed by atoms with van der Waals surface area (Å²) in [7, 11) is 0. The number of anilines is 1. The second-order valence-electron chi connectivity index (χ2n) is 7.55. The number of imidazole rings is 1. The van der Waals surface area contributed by atoms with Crippen LogP contribution in [0.4, 0.5) is 5.82 Å². The fourth-order valence-electron chi connectivity index (χ4n) is 2.83. The average Bonchev–Trinajstić information content (AvgIpc) is 3.37. The predicted molar refractivity (Wildman–Crippen MR) is 124 cm³/mol. The summed E-state index contributed by atoms with van der Waals surface area (Å²) in [6.45, 7) is 8.79. The molecule has 6 nitrogen and oxygen atoms in total. The number of thioether (sulfide) groups is 1. The largest absolute Gasteiger partial charge is 0.361 e. The van der Waals surface area contributed by atoms with Gasteiger partial charge in [0.15, 0.2) is 0 Å². The van der Waals surface area contributed by atoms with Crippen molar-refractivity contribution in [1.82, 2.24) is 25.4 Å². The molecule has 158 valence electrons. The molecule has 0 saturated carbocycles. The fourth-order valence-corrected chi connectivity index (χ4v) is 3.86. The van der Waals surface area contributed by atoms with Crippen LogP contribution < -0.4 is 5.32 Å². The van der Waals surface area contributed by atoms with E-state index in [0.29, 0.717) is 0 Å². The molecule has 2 aromatic heterocycles. The van der Waals surface area contributed by atoms with Gasteiger partial charge in [-0.15, -0.1) is 0 Å². The number of hydrogen-bond donors (Lipinski definition) is 3. The first-order valence-corrected chi connectivity index (χ1v) is 11.3. The van der Waals surface area contributed by atoms with E-state index in [1.54, 1.807) is 18.7 Å². The van der Waals surface area contributed by atoms with Crippen LogP contribution in [0.15, 0.2) is 53.7 Å². The van der Waals surface area contributed by atoms with Crippen molar-refractivity contribution in [3.05, 3.63) is 59.4 Å². The maximum absolute atomic E-state index is 4.23. The molecule has 3 N–H and O–H groups in total. The molecule has 0 aromatic carbocycles. The van der Waals surface area contributed by atoms with Gasteiger partial charge in [-0.25, -0.2) is 4.98 Å². The highest BCUT2D eigenvalue weighted by Crippen LogP contribution is 2.21. The molecule has 1 unspecified atom stereocenters. The molecule has 0 aliphatic carbocycles. The number of aromatic amines is 2. The van der Waals surface area contributed by atoms with Crippen molar-refractivity contribution in [2.45, 2.75) is 59.4 Å². The number of nitrogens with zero attached hydrogens (tertiary/aromatic N) is 3. The zero-order valence-electron chi connectivity index (χ0n) is 18.0. The number of hydrogen-bond acceptors (Lipinski definition) is 5. The zero-order valence-corrected chi connectivity index (χ0v) is 18.9. The molecule has 2 heterocycles. The minimum atomic E-state index is 0.0827. The third-order valence-corrected chi connectivity index (χ3v) is 5.55. The molecule has 2 aromatic rings. The summed E-state index contributed by atoms with van der Waals surface area (Å²) in [6.07, 6.45) is 16.8. The quantitative estimate of drug-likeness (QED) is 0.284. The van der Waals surface area contributed by atoms with Gasteiger partial charge in [0, 0.05) is 11.5 Å². The summed E-state index contributed by atoms with van der Waals surface area (Å²) in [5.74, 6) is 2.78. The molecule has 0 aliphatic rings. The van der Waals surface area contributed by atoms with Crippen LogP contribution in [-0.4, -0.2) is 36.9 Å². The molecule has 7 heteroatoms. The van der Waals surface area contributed by atoms with Crippen molar-refractivity contribution in [2.24, 2.45) is 0 Å². The van der Waals surface area contributed by atoms with E-state index in [-0.39, 0.29) is 6.04 Å². The Bertz CT molecular complexity index is 770. The van der Waals surface area contributed by atoms with E-state index in [9.17, 15) is 0 Å². The Morgan fingerprint density at radius 2 is 1.83 bits per heavy atom. The molecule has 0 saturated heterocycles. The van der Waals surface area contributed by atoms with E-state index in [1.807, 2.05) is 11.8 Å². The van der Waals surface area contributed by atoms with Crippen LogP contribution in [0.5, 0.6) is 0 Å². The van der Waals surface area contributed by atoms with Crippen LogP contribution in [0.3, 0.4) is 0 Å². The molecule has 0 amide bonds. The van der Waals surface area contributed by atoms with Crippen LogP contribution in [0, 0.1) is 0 Å². The lowest BCUT2D eigenvalue weighted by molar-refractivity contribution is 0.823. The molecular formula is C22H34N6S. The lowest BCUT2D eigenvalue weighted by Gasteiger charge is -2.15. The van der Waals surface area contributed by atoms with Gasteiger partial charge in [-0.1, -0.05) is 34.9 Å². The molecule has 29 heavy (non-hydrogen) atoms. The van der Waals surface area contributed by atoms with E-state index in [2.05, 4.69) is 76.6 Å². The Morgan fingerprint density at radius 1 is 1.07 bits per heavy atom. The first kappa shape index (κ1) is 23.0. The normalized spacial score (nSPS) is 13.4. The van der Waals surface area contributed by atoms with E-state index in [4.69, 9.17) is 0 Å². The molecule has 0 aliphatic heterocycles. The summed E-state index contributed by atoms with van der Waals surface area (Å²) < 4.78 is 0. The lowest BCUT2D eigenvalue weighted by atomic mass is 10.1. The minimum Gasteiger partial charge on any atom is -0.361 e. The van der Waals surface area contributed by atoms with Crippen molar-refractivity contribution in [2.75, 3.05) is 16.8 Å². The van der Waals surface area contributed by atoms with Gasteiger partial charge in [0.05, 0.1) is 24.8 Å². The first-order chi connectivity index (χ1) is 14.0. The van der Waals surface area contributed by atoms with Crippen LogP contribution in [0.25, 0.3) is 0 Å². The van der Waals surface area contributed by atoms with Crippen LogP contribution in [0.2, 0.25) is 0 Å². The number of H-pyrrole nitrogens is 2. The van der Waals surface area contributed by atoms with Crippen LogP contribution >= 0.6 is 11.8 Å². The monoisotopic (exact) mass is 414 g/mol. The molecule has 2 rings (SSSR count). The van der Waals surface area contributed by atoms with Gasteiger partial charge in [-0.05, 0) is 53.4 Å². The Kier molecular flexibility index (Phi) is 10.3. The van der Waals surface area contributed by atoms with Gasteiger partial charge in [-0.3, -0.25) is 0 Å². The van der Waals surface area contributed by atoms with E-state index < -0.39 is 0 Å². The summed E-state index contributed by atoms with van der Waals surface area (Å²) in [6, 6.07) is 0.0827. The average molecular weight is 415 g/mol. The predicted octanol–water partition coefficient (Wildman–Crippen LogP) is 5.83. The van der Waals surface area contributed by atoms with Crippen molar-refractivity contribution >= 4 is 17.6 Å². The van der Waals surface area contributed by atoms with Gasteiger partial charge in [-0.2, -0.15) is 27.2 Å². The number of aromatic nitrogens is 5. The standard InChI is InChI=1S/C22H34N6S/c1-17(2)7-5-8-18(3)9-6-10-19(4)11-12-29-15-21(20-13-25-28-27-20)26-22-14-23-16-24-22/h7,9,11,13-14,16,21,26H,5-6,8,10,12,15H2,1-4H3,(H,23,24)(H,25,27,28)/b18-9+,19-11+.